The molecule has 0 amide bonds. The number of morpholine rings is 1. The summed E-state index contributed by atoms with van der Waals surface area (Å²) in [6.45, 7) is 5.28. The van der Waals surface area contributed by atoms with E-state index in [1.54, 1.807) is 0 Å². The molecule has 1 atom stereocenters. The molecular formula is C14H19N3O3S. The Balaban J connectivity index is 2.37. The lowest BCUT2D eigenvalue weighted by Gasteiger charge is -2.33. The summed E-state index contributed by atoms with van der Waals surface area (Å²) in [6.07, 6.45) is -0.620. The van der Waals surface area contributed by atoms with E-state index in [4.69, 9.17) is 27.4 Å². The summed E-state index contributed by atoms with van der Waals surface area (Å²) in [7, 11) is 1.35. The largest absolute Gasteiger partial charge is 0.467 e. The van der Waals surface area contributed by atoms with Crippen LogP contribution in [0.4, 0.5) is 5.82 Å². The first-order valence-electron chi connectivity index (χ1n) is 6.66. The zero-order chi connectivity index (χ0) is 15.6. The van der Waals surface area contributed by atoms with Gasteiger partial charge in [0.1, 0.15) is 10.8 Å². The second-order valence-electron chi connectivity index (χ2n) is 4.97. The Morgan fingerprint density at radius 2 is 2.29 bits per heavy atom. The van der Waals surface area contributed by atoms with Crippen molar-refractivity contribution in [3.8, 4) is 0 Å². The molecule has 0 spiro atoms. The maximum Gasteiger partial charge on any atom is 0.336 e. The molecule has 2 rings (SSSR count). The molecule has 6 nitrogen and oxygen atoms in total. The van der Waals surface area contributed by atoms with Crippen LogP contribution in [0.1, 0.15) is 16.8 Å². The van der Waals surface area contributed by atoms with Gasteiger partial charge in [0.15, 0.2) is 6.10 Å². The second-order valence-corrected chi connectivity index (χ2v) is 5.41. The number of aromatic nitrogens is 1. The average Bonchev–Trinajstić information content (AvgIpc) is 2.45. The van der Waals surface area contributed by atoms with E-state index < -0.39 is 6.10 Å². The summed E-state index contributed by atoms with van der Waals surface area (Å²) in [5, 5.41) is 0. The molecule has 114 valence electrons. The molecule has 1 aromatic heterocycles. The fourth-order valence-corrected chi connectivity index (χ4v) is 2.72. The van der Waals surface area contributed by atoms with Gasteiger partial charge in [0.05, 0.1) is 25.8 Å². The number of ether oxygens (including phenoxy) is 2. The molecule has 1 fully saturated rings. The molecule has 1 aromatic rings. The molecule has 7 heteroatoms. The Hall–Kier alpha value is -1.73. The van der Waals surface area contributed by atoms with E-state index >= 15 is 0 Å². The van der Waals surface area contributed by atoms with Gasteiger partial charge < -0.3 is 20.1 Å². The summed E-state index contributed by atoms with van der Waals surface area (Å²) in [6, 6.07) is 1.94. The first-order valence-corrected chi connectivity index (χ1v) is 7.07. The highest BCUT2D eigenvalue weighted by molar-refractivity contribution is 7.80. The highest BCUT2D eigenvalue weighted by Gasteiger charge is 2.30. The number of esters is 1. The van der Waals surface area contributed by atoms with Gasteiger partial charge in [-0.3, -0.25) is 0 Å². The topological polar surface area (TPSA) is 77.7 Å². The maximum atomic E-state index is 11.7. The predicted octanol–water partition coefficient (Wildman–Crippen LogP) is 0.711. The van der Waals surface area contributed by atoms with Gasteiger partial charge in [0, 0.05) is 12.2 Å². The number of hydrogen-bond acceptors (Lipinski definition) is 6. The van der Waals surface area contributed by atoms with Crippen LogP contribution in [0.25, 0.3) is 0 Å². The van der Waals surface area contributed by atoms with E-state index in [9.17, 15) is 4.79 Å². The van der Waals surface area contributed by atoms with Crippen molar-refractivity contribution in [2.75, 3.05) is 31.7 Å². The average molecular weight is 309 g/mol. The number of aryl methyl sites for hydroxylation is 2. The number of carbonyl (C=O) groups is 1. The highest BCUT2D eigenvalue weighted by atomic mass is 32.1. The number of methoxy groups -OCH3 is 1. The minimum absolute atomic E-state index is 0.302. The molecule has 0 bridgehead atoms. The van der Waals surface area contributed by atoms with Crippen molar-refractivity contribution in [3.05, 3.63) is 22.9 Å². The Bertz CT molecular complexity index is 577. The molecule has 21 heavy (non-hydrogen) atoms. The van der Waals surface area contributed by atoms with E-state index in [-0.39, 0.29) is 5.97 Å². The van der Waals surface area contributed by atoms with Crippen LogP contribution in [0, 0.1) is 13.8 Å². The number of anilines is 1. The molecule has 0 aromatic carbocycles. The van der Waals surface area contributed by atoms with Gasteiger partial charge in [-0.1, -0.05) is 12.2 Å². The third-order valence-electron chi connectivity index (χ3n) is 3.40. The van der Waals surface area contributed by atoms with Crippen LogP contribution in [-0.4, -0.2) is 48.9 Å². The van der Waals surface area contributed by atoms with Crippen molar-refractivity contribution in [2.24, 2.45) is 5.73 Å². The predicted molar refractivity (Wildman–Crippen MR) is 83.6 cm³/mol. The fourth-order valence-electron chi connectivity index (χ4n) is 2.47. The number of rotatable bonds is 3. The summed E-state index contributed by atoms with van der Waals surface area (Å²) in [5.41, 5.74) is 8.44. The number of thiocarbonyl (C=S) groups is 1. The van der Waals surface area contributed by atoms with Crippen molar-refractivity contribution < 1.29 is 14.3 Å². The van der Waals surface area contributed by atoms with E-state index in [0.29, 0.717) is 30.5 Å². The lowest BCUT2D eigenvalue weighted by Crippen LogP contribution is -2.47. The van der Waals surface area contributed by atoms with Crippen molar-refractivity contribution >= 4 is 29.0 Å². The lowest BCUT2D eigenvalue weighted by molar-refractivity contribution is -0.154. The van der Waals surface area contributed by atoms with Crippen LogP contribution in [0.5, 0.6) is 0 Å². The molecule has 0 saturated carbocycles. The Labute approximate surface area is 129 Å². The fraction of sp³-hybridized carbons (Fsp3) is 0.500. The minimum Gasteiger partial charge on any atom is -0.467 e. The molecule has 1 aliphatic rings. The Morgan fingerprint density at radius 3 is 2.90 bits per heavy atom. The third-order valence-corrected chi connectivity index (χ3v) is 3.61. The molecule has 0 aliphatic carbocycles. The van der Waals surface area contributed by atoms with Crippen molar-refractivity contribution in [3.63, 3.8) is 0 Å². The number of hydrogen-bond donors (Lipinski definition) is 1. The van der Waals surface area contributed by atoms with Crippen LogP contribution in [-0.2, 0) is 14.3 Å². The first-order chi connectivity index (χ1) is 9.93. The second kappa shape index (κ2) is 6.36. The van der Waals surface area contributed by atoms with Crippen LogP contribution in [0.2, 0.25) is 0 Å². The maximum absolute atomic E-state index is 11.7. The molecular weight excluding hydrogens is 290 g/mol. The van der Waals surface area contributed by atoms with E-state index in [2.05, 4.69) is 4.98 Å². The number of nitrogens with two attached hydrogens (primary N) is 1. The van der Waals surface area contributed by atoms with Crippen molar-refractivity contribution in [1.82, 2.24) is 4.98 Å². The summed E-state index contributed by atoms with van der Waals surface area (Å²) >= 11 is 5.14. The molecule has 2 heterocycles. The molecule has 1 aliphatic heterocycles. The smallest absolute Gasteiger partial charge is 0.336 e. The van der Waals surface area contributed by atoms with Crippen LogP contribution in [0.3, 0.4) is 0 Å². The number of nitrogens with zero attached hydrogens (tertiary/aromatic N) is 2. The standard InChI is InChI=1S/C14H19N3O3S/c1-8-6-9(2)16-13(11(8)12(15)21)17-4-5-20-10(7-17)14(18)19-3/h6,10H,4-5,7H2,1-3H3,(H2,15,21). The van der Waals surface area contributed by atoms with Gasteiger partial charge in [-0.2, -0.15) is 0 Å². The van der Waals surface area contributed by atoms with Gasteiger partial charge in [0.2, 0.25) is 0 Å². The van der Waals surface area contributed by atoms with Gasteiger partial charge in [-0.25, -0.2) is 9.78 Å². The number of pyridine rings is 1. The third kappa shape index (κ3) is 3.30. The summed E-state index contributed by atoms with van der Waals surface area (Å²) in [5.74, 6) is 0.318. The molecule has 2 N–H and O–H groups in total. The van der Waals surface area contributed by atoms with E-state index in [1.165, 1.54) is 7.11 Å². The van der Waals surface area contributed by atoms with Gasteiger partial charge >= 0.3 is 5.97 Å². The normalized spacial score (nSPS) is 18.4. The lowest BCUT2D eigenvalue weighted by atomic mass is 10.1. The Morgan fingerprint density at radius 1 is 1.57 bits per heavy atom. The highest BCUT2D eigenvalue weighted by Crippen LogP contribution is 2.24. The van der Waals surface area contributed by atoms with Crippen LogP contribution in [0.15, 0.2) is 6.07 Å². The SMILES string of the molecule is COC(=O)C1CN(c2nc(C)cc(C)c2C(N)=S)CCO1. The minimum atomic E-state index is -0.620. The van der Waals surface area contributed by atoms with Crippen molar-refractivity contribution in [1.29, 1.82) is 0 Å². The molecule has 1 saturated heterocycles. The zero-order valence-corrected chi connectivity index (χ0v) is 13.2. The van der Waals surface area contributed by atoms with Gasteiger partial charge in [0.25, 0.3) is 0 Å². The Kier molecular flexibility index (Phi) is 4.74. The summed E-state index contributed by atoms with van der Waals surface area (Å²) in [4.78, 5) is 18.5. The van der Waals surface area contributed by atoms with Crippen LogP contribution >= 0.6 is 12.2 Å². The van der Waals surface area contributed by atoms with Gasteiger partial charge in [-0.05, 0) is 25.5 Å². The molecule has 0 radical (unpaired) electrons. The van der Waals surface area contributed by atoms with Gasteiger partial charge in [-0.15, -0.1) is 0 Å². The van der Waals surface area contributed by atoms with Crippen LogP contribution < -0.4 is 10.6 Å². The quantitative estimate of drug-likeness (QED) is 0.651. The first kappa shape index (κ1) is 15.7. The zero-order valence-electron chi connectivity index (χ0n) is 12.4. The number of carbonyl (C=O) groups excluding carboxylic acids is 1. The summed E-state index contributed by atoms with van der Waals surface area (Å²) < 4.78 is 10.2. The van der Waals surface area contributed by atoms with Crippen molar-refractivity contribution in [2.45, 2.75) is 20.0 Å². The van der Waals surface area contributed by atoms with E-state index in [0.717, 1.165) is 16.8 Å². The monoisotopic (exact) mass is 309 g/mol. The molecule has 1 unspecified atom stereocenters. The van der Waals surface area contributed by atoms with E-state index in [1.807, 2.05) is 24.8 Å².